The van der Waals surface area contributed by atoms with Crippen molar-refractivity contribution in [3.8, 4) is 0 Å². The quantitative estimate of drug-likeness (QED) is 0.840. The number of nitrogens with two attached hydrogens (primary N) is 1. The molecule has 5 heteroatoms. The van der Waals surface area contributed by atoms with Crippen LogP contribution in [0.15, 0.2) is 18.2 Å². The number of nitrogen functional groups attached to an aromatic ring is 1. The number of nitrogens with zero attached hydrogens (tertiary/aromatic N) is 2. The van der Waals surface area contributed by atoms with Crippen LogP contribution in [-0.2, 0) is 0 Å². The second kappa shape index (κ2) is 6.35. The predicted molar refractivity (Wildman–Crippen MR) is 87.1 cm³/mol. The van der Waals surface area contributed by atoms with Crippen molar-refractivity contribution in [1.82, 2.24) is 9.91 Å². The van der Waals surface area contributed by atoms with Gasteiger partial charge in [-0.1, -0.05) is 6.42 Å². The van der Waals surface area contributed by atoms with Gasteiger partial charge in [-0.3, -0.25) is 4.79 Å². The summed E-state index contributed by atoms with van der Waals surface area (Å²) in [6, 6.07) is 6.32. The zero-order valence-corrected chi connectivity index (χ0v) is 13.4. The Kier molecular flexibility index (Phi) is 4.73. The van der Waals surface area contributed by atoms with E-state index >= 15 is 0 Å². The molecule has 0 spiro atoms. The van der Waals surface area contributed by atoms with Crippen LogP contribution in [0.2, 0.25) is 0 Å². The minimum atomic E-state index is -0.0159. The smallest absolute Gasteiger partial charge is 0.253 e. The number of piperidine rings is 1. The Labute approximate surface area is 127 Å². The number of carbonyl (C=O) groups is 1. The summed E-state index contributed by atoms with van der Waals surface area (Å²) < 4.78 is 0. The summed E-state index contributed by atoms with van der Waals surface area (Å²) in [6.07, 6.45) is 3.61. The van der Waals surface area contributed by atoms with E-state index in [4.69, 9.17) is 5.73 Å². The number of hydrogen-bond donors (Lipinski definition) is 2. The molecule has 2 unspecified atom stereocenters. The van der Waals surface area contributed by atoms with Gasteiger partial charge in [-0.05, 0) is 44.9 Å². The van der Waals surface area contributed by atoms with Crippen molar-refractivity contribution in [2.45, 2.75) is 45.2 Å². The molecule has 116 valence electrons. The molecular formula is C16H26N4O. The summed E-state index contributed by atoms with van der Waals surface area (Å²) in [5, 5.41) is 2.25. The summed E-state index contributed by atoms with van der Waals surface area (Å²) in [6.45, 7) is 4.43. The summed E-state index contributed by atoms with van der Waals surface area (Å²) in [5.41, 5.74) is 11.6. The van der Waals surface area contributed by atoms with E-state index in [1.54, 1.807) is 31.1 Å². The Hall–Kier alpha value is -1.75. The first-order valence-corrected chi connectivity index (χ1v) is 7.56. The minimum Gasteiger partial charge on any atom is -0.397 e. The van der Waals surface area contributed by atoms with Crippen LogP contribution in [0.4, 0.5) is 11.4 Å². The fourth-order valence-electron chi connectivity index (χ4n) is 2.83. The minimum absolute atomic E-state index is 0.0159. The number of hydrazine groups is 1. The highest BCUT2D eigenvalue weighted by Gasteiger charge is 2.25. The molecule has 1 aliphatic heterocycles. The predicted octanol–water partition coefficient (Wildman–Crippen LogP) is 2.56. The first-order chi connectivity index (χ1) is 9.90. The molecule has 0 saturated carbocycles. The number of carbonyl (C=O) groups excluding carboxylic acids is 1. The highest BCUT2D eigenvalue weighted by atomic mass is 16.2. The Morgan fingerprint density at radius 2 is 1.90 bits per heavy atom. The lowest BCUT2D eigenvalue weighted by Crippen LogP contribution is -2.47. The van der Waals surface area contributed by atoms with E-state index in [0.717, 1.165) is 5.69 Å². The van der Waals surface area contributed by atoms with Gasteiger partial charge >= 0.3 is 0 Å². The van der Waals surface area contributed by atoms with Gasteiger partial charge in [0.1, 0.15) is 0 Å². The van der Waals surface area contributed by atoms with Gasteiger partial charge in [0.05, 0.1) is 11.4 Å². The van der Waals surface area contributed by atoms with E-state index in [9.17, 15) is 4.79 Å². The summed E-state index contributed by atoms with van der Waals surface area (Å²) >= 11 is 0. The molecule has 2 atom stereocenters. The summed E-state index contributed by atoms with van der Waals surface area (Å²) in [5.74, 6) is -0.0159. The molecule has 0 radical (unpaired) electrons. The fourth-order valence-corrected chi connectivity index (χ4v) is 2.83. The average molecular weight is 290 g/mol. The SMILES string of the molecule is CC1CCCC(C)N1Nc1cc(C(=O)N(C)C)ccc1N. The Morgan fingerprint density at radius 3 is 2.48 bits per heavy atom. The molecule has 2 rings (SSSR count). The highest BCUT2D eigenvalue weighted by Crippen LogP contribution is 2.27. The van der Waals surface area contributed by atoms with Crippen molar-refractivity contribution >= 4 is 17.3 Å². The molecule has 1 aromatic carbocycles. The van der Waals surface area contributed by atoms with E-state index in [1.165, 1.54) is 19.3 Å². The fraction of sp³-hybridized carbons (Fsp3) is 0.562. The third-order valence-corrected chi connectivity index (χ3v) is 4.15. The van der Waals surface area contributed by atoms with E-state index in [2.05, 4.69) is 24.3 Å². The zero-order chi connectivity index (χ0) is 15.6. The summed E-state index contributed by atoms with van der Waals surface area (Å²) in [4.78, 5) is 13.6. The van der Waals surface area contributed by atoms with Crippen LogP contribution in [0.1, 0.15) is 43.5 Å². The van der Waals surface area contributed by atoms with Crippen molar-refractivity contribution in [1.29, 1.82) is 0 Å². The maximum Gasteiger partial charge on any atom is 0.253 e. The van der Waals surface area contributed by atoms with Crippen LogP contribution < -0.4 is 11.2 Å². The second-order valence-corrected chi connectivity index (χ2v) is 6.15. The molecule has 3 N–H and O–H groups in total. The van der Waals surface area contributed by atoms with Crippen molar-refractivity contribution in [3.05, 3.63) is 23.8 Å². The van der Waals surface area contributed by atoms with E-state index in [1.807, 2.05) is 6.07 Å². The highest BCUT2D eigenvalue weighted by molar-refractivity contribution is 5.95. The molecule has 1 saturated heterocycles. The first kappa shape index (κ1) is 15.6. The Bertz CT molecular complexity index is 505. The van der Waals surface area contributed by atoms with Gasteiger partial charge in [-0.25, -0.2) is 5.01 Å². The van der Waals surface area contributed by atoms with E-state index in [0.29, 0.717) is 23.3 Å². The third-order valence-electron chi connectivity index (χ3n) is 4.15. The van der Waals surface area contributed by atoms with Gasteiger partial charge in [0, 0.05) is 31.7 Å². The third kappa shape index (κ3) is 3.47. The second-order valence-electron chi connectivity index (χ2n) is 6.15. The van der Waals surface area contributed by atoms with Crippen molar-refractivity contribution in [2.24, 2.45) is 0 Å². The standard InChI is InChI=1S/C16H26N4O/c1-11-6-5-7-12(2)20(11)18-15-10-13(8-9-14(15)17)16(21)19(3)4/h8-12,18H,5-7,17H2,1-4H3. The Morgan fingerprint density at radius 1 is 1.29 bits per heavy atom. The van der Waals surface area contributed by atoms with Crippen LogP contribution in [0.5, 0.6) is 0 Å². The number of anilines is 2. The molecule has 0 bridgehead atoms. The molecule has 21 heavy (non-hydrogen) atoms. The molecular weight excluding hydrogens is 264 g/mol. The lowest BCUT2D eigenvalue weighted by molar-refractivity contribution is 0.0827. The van der Waals surface area contributed by atoms with Crippen LogP contribution >= 0.6 is 0 Å². The van der Waals surface area contributed by atoms with Crippen LogP contribution in [0.3, 0.4) is 0 Å². The summed E-state index contributed by atoms with van der Waals surface area (Å²) in [7, 11) is 3.50. The Balaban J connectivity index is 2.22. The normalized spacial score (nSPS) is 22.9. The lowest BCUT2D eigenvalue weighted by atomic mass is 10.00. The number of benzene rings is 1. The lowest BCUT2D eigenvalue weighted by Gasteiger charge is -2.39. The molecule has 1 fully saturated rings. The van der Waals surface area contributed by atoms with E-state index < -0.39 is 0 Å². The molecule has 0 aliphatic carbocycles. The van der Waals surface area contributed by atoms with Crippen LogP contribution in [0, 0.1) is 0 Å². The van der Waals surface area contributed by atoms with Crippen molar-refractivity contribution < 1.29 is 4.79 Å². The van der Waals surface area contributed by atoms with Crippen molar-refractivity contribution in [2.75, 3.05) is 25.3 Å². The number of amides is 1. The van der Waals surface area contributed by atoms with Gasteiger partial charge in [0.15, 0.2) is 0 Å². The number of hydrogen-bond acceptors (Lipinski definition) is 4. The first-order valence-electron chi connectivity index (χ1n) is 7.56. The largest absolute Gasteiger partial charge is 0.397 e. The molecule has 1 amide bonds. The molecule has 1 aromatic rings. The van der Waals surface area contributed by atoms with Crippen LogP contribution in [-0.4, -0.2) is 42.0 Å². The van der Waals surface area contributed by atoms with Gasteiger partial charge in [-0.2, -0.15) is 0 Å². The maximum atomic E-state index is 12.1. The molecule has 1 aliphatic rings. The van der Waals surface area contributed by atoms with Gasteiger partial charge in [0.25, 0.3) is 5.91 Å². The average Bonchev–Trinajstić information content (AvgIpc) is 2.44. The van der Waals surface area contributed by atoms with Gasteiger partial charge in [0.2, 0.25) is 0 Å². The molecule has 1 heterocycles. The topological polar surface area (TPSA) is 61.6 Å². The molecule has 0 aromatic heterocycles. The monoisotopic (exact) mass is 290 g/mol. The maximum absolute atomic E-state index is 12.1. The van der Waals surface area contributed by atoms with Crippen LogP contribution in [0.25, 0.3) is 0 Å². The number of rotatable bonds is 3. The van der Waals surface area contributed by atoms with Gasteiger partial charge in [-0.15, -0.1) is 0 Å². The molecule has 5 nitrogen and oxygen atoms in total. The van der Waals surface area contributed by atoms with Crippen molar-refractivity contribution in [3.63, 3.8) is 0 Å². The van der Waals surface area contributed by atoms with E-state index in [-0.39, 0.29) is 5.91 Å². The van der Waals surface area contributed by atoms with Gasteiger partial charge < -0.3 is 16.1 Å². The number of nitrogens with one attached hydrogen (secondary N) is 1. The zero-order valence-electron chi connectivity index (χ0n) is 13.4.